The lowest BCUT2D eigenvalue weighted by molar-refractivity contribution is -0.125. The summed E-state index contributed by atoms with van der Waals surface area (Å²) in [5.41, 5.74) is 0. The quantitative estimate of drug-likeness (QED) is 0.602. The smallest absolute Gasteiger partial charge is 0.245 e. The lowest BCUT2D eigenvalue weighted by atomic mass is 10.1. The molecule has 0 N–H and O–H groups in total. The fourth-order valence-corrected chi connectivity index (χ4v) is 1.50. The Labute approximate surface area is 81.6 Å². The van der Waals surface area contributed by atoms with E-state index >= 15 is 0 Å². The molecule has 0 aliphatic carbocycles. The van der Waals surface area contributed by atoms with E-state index in [0.717, 1.165) is 25.4 Å². The van der Waals surface area contributed by atoms with E-state index in [-0.39, 0.29) is 5.91 Å². The second-order valence-electron chi connectivity index (χ2n) is 3.05. The highest BCUT2D eigenvalue weighted by molar-refractivity contribution is 5.87. The van der Waals surface area contributed by atoms with Crippen LogP contribution < -0.4 is 0 Å². The van der Waals surface area contributed by atoms with Crippen molar-refractivity contribution >= 4 is 5.91 Å². The van der Waals surface area contributed by atoms with Gasteiger partial charge >= 0.3 is 0 Å². The number of carbonyl (C=O) groups is 1. The summed E-state index contributed by atoms with van der Waals surface area (Å²) in [6.45, 7) is 11.5. The summed E-state index contributed by atoms with van der Waals surface area (Å²) in [6, 6.07) is 0. The van der Waals surface area contributed by atoms with Crippen molar-refractivity contribution in [2.75, 3.05) is 13.1 Å². The number of amides is 1. The predicted octanol–water partition coefficient (Wildman–Crippen LogP) is 2.46. The Morgan fingerprint density at radius 2 is 2.23 bits per heavy atom. The minimum atomic E-state index is 0.0842. The zero-order valence-corrected chi connectivity index (χ0v) is 9.05. The fourth-order valence-electron chi connectivity index (χ4n) is 1.50. The highest BCUT2D eigenvalue weighted by Crippen LogP contribution is 2.18. The van der Waals surface area contributed by atoms with Crippen molar-refractivity contribution in [1.82, 2.24) is 4.90 Å². The average molecular weight is 183 g/mol. The molecule has 1 aliphatic rings. The van der Waals surface area contributed by atoms with Crippen LogP contribution in [0, 0.1) is 5.92 Å². The molecule has 0 saturated carbocycles. The molecule has 1 unspecified atom stereocenters. The molecule has 2 nitrogen and oxygen atoms in total. The highest BCUT2D eigenvalue weighted by atomic mass is 16.2. The van der Waals surface area contributed by atoms with Gasteiger partial charge in [-0.15, -0.1) is 0 Å². The third-order valence-corrected chi connectivity index (χ3v) is 2.35. The van der Waals surface area contributed by atoms with E-state index in [0.29, 0.717) is 0 Å². The first-order chi connectivity index (χ1) is 6.27. The van der Waals surface area contributed by atoms with Crippen LogP contribution in [0.1, 0.15) is 33.6 Å². The molecule has 76 valence electrons. The summed E-state index contributed by atoms with van der Waals surface area (Å²) in [5.74, 6) is 0.805. The van der Waals surface area contributed by atoms with Gasteiger partial charge in [0.2, 0.25) is 5.91 Å². The van der Waals surface area contributed by atoms with Crippen LogP contribution in [0.3, 0.4) is 0 Å². The Hall–Kier alpha value is -0.790. The minimum absolute atomic E-state index is 0.0842. The van der Waals surface area contributed by atoms with Crippen LogP contribution in [0.5, 0.6) is 0 Å². The molecule has 0 bridgehead atoms. The molecule has 0 aromatic heterocycles. The standard InChI is InChI=1S/C9H15NO.C2H6/c1-3-8-5-6-10(7-8)9(11)4-2;1-2/h4,8H,2-3,5-7H2,1H3;1-2H3. The summed E-state index contributed by atoms with van der Waals surface area (Å²) < 4.78 is 0. The van der Waals surface area contributed by atoms with Gasteiger partial charge < -0.3 is 4.90 Å². The van der Waals surface area contributed by atoms with Gasteiger partial charge in [-0.25, -0.2) is 0 Å². The lowest BCUT2D eigenvalue weighted by Crippen LogP contribution is -2.26. The van der Waals surface area contributed by atoms with Gasteiger partial charge in [0, 0.05) is 13.1 Å². The van der Waals surface area contributed by atoms with E-state index in [9.17, 15) is 4.79 Å². The molecule has 1 amide bonds. The van der Waals surface area contributed by atoms with E-state index in [1.165, 1.54) is 12.5 Å². The lowest BCUT2D eigenvalue weighted by Gasteiger charge is -2.12. The molecule has 0 aromatic carbocycles. The molecular formula is C11H21NO. The Balaban J connectivity index is 0.000000671. The molecule has 1 aliphatic heterocycles. The maximum Gasteiger partial charge on any atom is 0.245 e. The normalized spacial score (nSPS) is 20.5. The molecule has 0 radical (unpaired) electrons. The first-order valence-electron chi connectivity index (χ1n) is 5.19. The van der Waals surface area contributed by atoms with Crippen LogP contribution >= 0.6 is 0 Å². The Kier molecular flexibility index (Phi) is 6.29. The van der Waals surface area contributed by atoms with Crippen molar-refractivity contribution in [2.24, 2.45) is 5.92 Å². The van der Waals surface area contributed by atoms with Gasteiger partial charge in [0.1, 0.15) is 0 Å². The van der Waals surface area contributed by atoms with Crippen molar-refractivity contribution < 1.29 is 4.79 Å². The average Bonchev–Trinajstić information content (AvgIpc) is 2.68. The number of nitrogens with zero attached hydrogens (tertiary/aromatic N) is 1. The number of hydrogen-bond donors (Lipinski definition) is 0. The molecule has 1 saturated heterocycles. The van der Waals surface area contributed by atoms with Crippen molar-refractivity contribution in [2.45, 2.75) is 33.6 Å². The van der Waals surface area contributed by atoms with Crippen LogP contribution in [0.25, 0.3) is 0 Å². The van der Waals surface area contributed by atoms with Crippen LogP contribution in [-0.4, -0.2) is 23.9 Å². The molecule has 1 atom stereocenters. The van der Waals surface area contributed by atoms with E-state index in [2.05, 4.69) is 13.5 Å². The van der Waals surface area contributed by atoms with Gasteiger partial charge in [0.15, 0.2) is 0 Å². The van der Waals surface area contributed by atoms with Crippen molar-refractivity contribution in [3.8, 4) is 0 Å². The van der Waals surface area contributed by atoms with Crippen molar-refractivity contribution in [3.63, 3.8) is 0 Å². The topological polar surface area (TPSA) is 20.3 Å². The number of likely N-dealkylation sites (tertiary alicyclic amines) is 1. The predicted molar refractivity (Wildman–Crippen MR) is 56.5 cm³/mol. The van der Waals surface area contributed by atoms with Gasteiger partial charge in [-0.05, 0) is 18.4 Å². The maximum absolute atomic E-state index is 11.1. The maximum atomic E-state index is 11.1. The molecule has 2 heteroatoms. The van der Waals surface area contributed by atoms with E-state index in [1.807, 2.05) is 18.7 Å². The molecule has 13 heavy (non-hydrogen) atoms. The van der Waals surface area contributed by atoms with Crippen LogP contribution in [0.15, 0.2) is 12.7 Å². The molecular weight excluding hydrogens is 162 g/mol. The summed E-state index contributed by atoms with van der Waals surface area (Å²) in [6.07, 6.45) is 3.75. The van der Waals surface area contributed by atoms with Gasteiger partial charge in [-0.2, -0.15) is 0 Å². The Morgan fingerprint density at radius 1 is 1.62 bits per heavy atom. The molecule has 0 aromatic rings. The van der Waals surface area contributed by atoms with Gasteiger partial charge in [0.25, 0.3) is 0 Å². The van der Waals surface area contributed by atoms with Gasteiger partial charge in [0.05, 0.1) is 0 Å². The number of carbonyl (C=O) groups excluding carboxylic acids is 1. The van der Waals surface area contributed by atoms with E-state index < -0.39 is 0 Å². The van der Waals surface area contributed by atoms with E-state index in [1.54, 1.807) is 0 Å². The SMILES string of the molecule is C=CC(=O)N1CCC(CC)C1.CC. The zero-order chi connectivity index (χ0) is 10.3. The third kappa shape index (κ3) is 3.62. The Morgan fingerprint density at radius 3 is 2.62 bits per heavy atom. The largest absolute Gasteiger partial charge is 0.339 e. The Bertz CT molecular complexity index is 165. The van der Waals surface area contributed by atoms with Gasteiger partial charge in [-0.1, -0.05) is 33.8 Å². The second-order valence-corrected chi connectivity index (χ2v) is 3.05. The van der Waals surface area contributed by atoms with Crippen LogP contribution in [0.4, 0.5) is 0 Å². The van der Waals surface area contributed by atoms with E-state index in [4.69, 9.17) is 0 Å². The molecule has 1 heterocycles. The highest BCUT2D eigenvalue weighted by Gasteiger charge is 2.22. The third-order valence-electron chi connectivity index (χ3n) is 2.35. The monoisotopic (exact) mass is 183 g/mol. The summed E-state index contributed by atoms with van der Waals surface area (Å²) in [4.78, 5) is 13.0. The first-order valence-corrected chi connectivity index (χ1v) is 5.19. The molecule has 1 rings (SSSR count). The fraction of sp³-hybridized carbons (Fsp3) is 0.727. The van der Waals surface area contributed by atoms with Crippen LogP contribution in [-0.2, 0) is 4.79 Å². The first kappa shape index (κ1) is 12.2. The summed E-state index contributed by atoms with van der Waals surface area (Å²) >= 11 is 0. The summed E-state index contributed by atoms with van der Waals surface area (Å²) in [5, 5.41) is 0. The van der Waals surface area contributed by atoms with Crippen molar-refractivity contribution in [1.29, 1.82) is 0 Å². The molecule has 1 fully saturated rings. The second kappa shape index (κ2) is 6.70. The number of hydrogen-bond acceptors (Lipinski definition) is 1. The van der Waals surface area contributed by atoms with Gasteiger partial charge in [-0.3, -0.25) is 4.79 Å². The summed E-state index contributed by atoms with van der Waals surface area (Å²) in [7, 11) is 0. The minimum Gasteiger partial charge on any atom is -0.339 e. The number of rotatable bonds is 2. The van der Waals surface area contributed by atoms with Crippen molar-refractivity contribution in [3.05, 3.63) is 12.7 Å². The molecule has 0 spiro atoms. The van der Waals surface area contributed by atoms with Crippen LogP contribution in [0.2, 0.25) is 0 Å². The zero-order valence-electron chi connectivity index (χ0n) is 9.05.